The van der Waals surface area contributed by atoms with E-state index in [0.29, 0.717) is 16.3 Å². The van der Waals surface area contributed by atoms with Gasteiger partial charge in [-0.1, -0.05) is 6.92 Å². The third-order valence-corrected chi connectivity index (χ3v) is 5.75. The largest absolute Gasteiger partial charge is 0.506 e. The van der Waals surface area contributed by atoms with Gasteiger partial charge in [0, 0.05) is 6.04 Å². The Morgan fingerprint density at radius 2 is 2.16 bits per heavy atom. The Morgan fingerprint density at radius 1 is 1.48 bits per heavy atom. The molecule has 0 radical (unpaired) electrons. The van der Waals surface area contributed by atoms with Gasteiger partial charge in [0.2, 0.25) is 0 Å². The maximum absolute atomic E-state index is 15.0. The molecule has 0 bridgehead atoms. The van der Waals surface area contributed by atoms with Crippen molar-refractivity contribution in [3.05, 3.63) is 23.0 Å². The Balaban J connectivity index is 2.09. The SMILES string of the molecule is C[C@@H]1C[C@@H](NC(=O)O)Cc2c1cc(O)c(N1CC(=O)NS1(=O)=O)c2F. The van der Waals surface area contributed by atoms with E-state index in [0.717, 1.165) is 0 Å². The standard InChI is InChI=1S/C14H16FN3O6S/c1-6-2-7(16-14(21)22)3-9-8(6)4-10(19)13(12(9)15)18-5-11(20)17-25(18,23)24/h4,6-7,16,19H,2-3,5H2,1H3,(H,17,20)(H,21,22)/t6-,7-/m1/s1. The van der Waals surface area contributed by atoms with Crippen molar-refractivity contribution >= 4 is 27.9 Å². The summed E-state index contributed by atoms with van der Waals surface area (Å²) in [5, 5.41) is 21.3. The van der Waals surface area contributed by atoms with Crippen molar-refractivity contribution in [1.29, 1.82) is 0 Å². The van der Waals surface area contributed by atoms with Crippen molar-refractivity contribution in [2.75, 3.05) is 10.8 Å². The molecule has 0 saturated carbocycles. The lowest BCUT2D eigenvalue weighted by molar-refractivity contribution is -0.117. The number of carboxylic acid groups (broad SMARTS) is 1. The first-order valence-corrected chi connectivity index (χ1v) is 8.91. The number of amides is 2. The van der Waals surface area contributed by atoms with Crippen LogP contribution in [0.2, 0.25) is 0 Å². The maximum Gasteiger partial charge on any atom is 0.404 e. The molecule has 2 amide bonds. The monoisotopic (exact) mass is 373 g/mol. The molecule has 25 heavy (non-hydrogen) atoms. The highest BCUT2D eigenvalue weighted by Gasteiger charge is 2.39. The van der Waals surface area contributed by atoms with E-state index in [1.165, 1.54) is 6.07 Å². The molecule has 0 aromatic heterocycles. The van der Waals surface area contributed by atoms with E-state index in [4.69, 9.17) is 5.11 Å². The van der Waals surface area contributed by atoms with Crippen molar-refractivity contribution < 1.29 is 32.6 Å². The van der Waals surface area contributed by atoms with Crippen LogP contribution in [0.1, 0.15) is 30.4 Å². The Hall–Kier alpha value is -2.56. The van der Waals surface area contributed by atoms with Crippen molar-refractivity contribution in [1.82, 2.24) is 10.0 Å². The summed E-state index contributed by atoms with van der Waals surface area (Å²) in [6.07, 6.45) is -0.808. The molecule has 1 aromatic carbocycles. The first-order chi connectivity index (χ1) is 11.6. The van der Waals surface area contributed by atoms with Crippen LogP contribution in [0.15, 0.2) is 6.07 Å². The molecule has 9 nitrogen and oxygen atoms in total. The fourth-order valence-electron chi connectivity index (χ4n) is 3.38. The molecule has 0 unspecified atom stereocenters. The molecule has 11 heteroatoms. The highest BCUT2D eigenvalue weighted by atomic mass is 32.2. The lowest BCUT2D eigenvalue weighted by Crippen LogP contribution is -2.39. The summed E-state index contributed by atoms with van der Waals surface area (Å²) < 4.78 is 41.1. The molecule has 2 atom stereocenters. The van der Waals surface area contributed by atoms with E-state index in [1.807, 2.05) is 0 Å². The molecule has 2 aliphatic rings. The third kappa shape index (κ3) is 2.95. The van der Waals surface area contributed by atoms with Crippen LogP contribution >= 0.6 is 0 Å². The average molecular weight is 373 g/mol. The highest BCUT2D eigenvalue weighted by Crippen LogP contribution is 2.42. The number of hydrogen-bond acceptors (Lipinski definition) is 5. The van der Waals surface area contributed by atoms with Crippen LogP contribution in [0, 0.1) is 5.82 Å². The Kier molecular flexibility index (Phi) is 3.98. The Bertz CT molecular complexity index is 872. The molecule has 136 valence electrons. The normalized spacial score (nSPS) is 24.6. The van der Waals surface area contributed by atoms with Gasteiger partial charge in [-0.05, 0) is 36.0 Å². The molecular formula is C14H16FN3O6S. The number of halogens is 1. The van der Waals surface area contributed by atoms with Crippen LogP contribution < -0.4 is 14.3 Å². The van der Waals surface area contributed by atoms with Gasteiger partial charge >= 0.3 is 16.3 Å². The predicted octanol–water partition coefficient (Wildman–Crippen LogP) is 0.398. The highest BCUT2D eigenvalue weighted by molar-refractivity contribution is 7.92. The van der Waals surface area contributed by atoms with Gasteiger partial charge in [0.1, 0.15) is 18.0 Å². The van der Waals surface area contributed by atoms with Crippen LogP contribution in [0.4, 0.5) is 14.9 Å². The van der Waals surface area contributed by atoms with Gasteiger partial charge in [-0.15, -0.1) is 0 Å². The predicted molar refractivity (Wildman–Crippen MR) is 84.2 cm³/mol. The van der Waals surface area contributed by atoms with Gasteiger partial charge in [0.15, 0.2) is 5.82 Å². The molecule has 0 spiro atoms. The van der Waals surface area contributed by atoms with E-state index in [-0.39, 0.29) is 17.9 Å². The van der Waals surface area contributed by atoms with Gasteiger partial charge in [-0.3, -0.25) is 4.79 Å². The number of benzene rings is 1. The van der Waals surface area contributed by atoms with Crippen molar-refractivity contribution in [2.24, 2.45) is 0 Å². The van der Waals surface area contributed by atoms with Gasteiger partial charge < -0.3 is 15.5 Å². The minimum Gasteiger partial charge on any atom is -0.506 e. The fraction of sp³-hybridized carbons (Fsp3) is 0.429. The minimum atomic E-state index is -4.28. The number of nitrogens with one attached hydrogen (secondary N) is 2. The van der Waals surface area contributed by atoms with Crippen LogP contribution in [0.5, 0.6) is 5.75 Å². The quantitative estimate of drug-likeness (QED) is 0.592. The first-order valence-electron chi connectivity index (χ1n) is 7.47. The average Bonchev–Trinajstić information content (AvgIpc) is 2.73. The Labute approximate surface area is 142 Å². The van der Waals surface area contributed by atoms with E-state index in [1.54, 1.807) is 11.6 Å². The summed E-state index contributed by atoms with van der Waals surface area (Å²) in [6, 6.07) is 0.732. The second kappa shape index (κ2) is 5.76. The number of phenols is 1. The number of carbonyl (C=O) groups is 2. The summed E-state index contributed by atoms with van der Waals surface area (Å²) in [5.74, 6) is -2.65. The van der Waals surface area contributed by atoms with Crippen LogP contribution in [-0.4, -0.2) is 43.2 Å². The molecule has 1 saturated heterocycles. The molecule has 1 aliphatic heterocycles. The summed E-state index contributed by atoms with van der Waals surface area (Å²) in [6.45, 7) is 1.11. The second-order valence-electron chi connectivity index (χ2n) is 6.15. The van der Waals surface area contributed by atoms with E-state index in [2.05, 4.69) is 5.32 Å². The van der Waals surface area contributed by atoms with Crippen LogP contribution in [0.3, 0.4) is 0 Å². The van der Waals surface area contributed by atoms with Gasteiger partial charge in [0.25, 0.3) is 5.91 Å². The summed E-state index contributed by atoms with van der Waals surface area (Å²) in [4.78, 5) is 22.2. The topological polar surface area (TPSA) is 136 Å². The number of aromatic hydroxyl groups is 1. The number of nitrogens with zero attached hydrogens (tertiary/aromatic N) is 1. The molecule has 3 rings (SSSR count). The Morgan fingerprint density at radius 3 is 2.72 bits per heavy atom. The van der Waals surface area contributed by atoms with E-state index >= 15 is 4.39 Å². The third-order valence-electron chi connectivity index (χ3n) is 4.37. The molecule has 1 aromatic rings. The number of fused-ring (bicyclic) bond motifs is 1. The molecule has 1 aliphatic carbocycles. The van der Waals surface area contributed by atoms with Crippen LogP contribution in [0.25, 0.3) is 0 Å². The van der Waals surface area contributed by atoms with Gasteiger partial charge in [-0.2, -0.15) is 8.42 Å². The molecule has 1 fully saturated rings. The molecule has 4 N–H and O–H groups in total. The summed E-state index contributed by atoms with van der Waals surface area (Å²) in [7, 11) is -4.28. The van der Waals surface area contributed by atoms with Crippen molar-refractivity contribution in [3.63, 3.8) is 0 Å². The number of hydrogen-bond donors (Lipinski definition) is 4. The zero-order chi connectivity index (χ0) is 18.5. The molecule has 1 heterocycles. The lowest BCUT2D eigenvalue weighted by atomic mass is 9.80. The fourth-order valence-corrected chi connectivity index (χ4v) is 4.55. The van der Waals surface area contributed by atoms with Gasteiger partial charge in [-0.25, -0.2) is 18.2 Å². The van der Waals surface area contributed by atoms with Crippen molar-refractivity contribution in [2.45, 2.75) is 31.7 Å². The van der Waals surface area contributed by atoms with Crippen LogP contribution in [-0.2, 0) is 21.4 Å². The smallest absolute Gasteiger partial charge is 0.404 e. The summed E-state index contributed by atoms with van der Waals surface area (Å²) >= 11 is 0. The zero-order valence-electron chi connectivity index (χ0n) is 13.1. The molecular weight excluding hydrogens is 357 g/mol. The summed E-state index contributed by atoms with van der Waals surface area (Å²) in [5.41, 5.74) is -0.00167. The van der Waals surface area contributed by atoms with E-state index in [9.17, 15) is 23.1 Å². The van der Waals surface area contributed by atoms with Gasteiger partial charge in [0.05, 0.1) is 0 Å². The number of phenolic OH excluding ortho intramolecular Hbond substituents is 1. The maximum atomic E-state index is 15.0. The number of carbonyl (C=O) groups excluding carboxylic acids is 1. The zero-order valence-corrected chi connectivity index (χ0v) is 13.9. The first kappa shape index (κ1) is 17.3. The second-order valence-corrected chi connectivity index (χ2v) is 7.75. The van der Waals surface area contributed by atoms with Crippen molar-refractivity contribution in [3.8, 4) is 5.75 Å². The van der Waals surface area contributed by atoms with E-state index < -0.39 is 52.1 Å². The number of anilines is 1. The lowest BCUT2D eigenvalue weighted by Gasteiger charge is -2.31. The minimum absolute atomic E-state index is 0.0142. The number of rotatable bonds is 2.